The fourth-order valence-electron chi connectivity index (χ4n) is 1.60. The van der Waals surface area contributed by atoms with Crippen LogP contribution in [0.5, 0.6) is 0 Å². The van der Waals surface area contributed by atoms with Gasteiger partial charge in [-0.2, -0.15) is 0 Å². The molecule has 0 aliphatic carbocycles. The first-order chi connectivity index (χ1) is 8.65. The summed E-state index contributed by atoms with van der Waals surface area (Å²) >= 11 is 3.31. The Hall–Kier alpha value is -1.62. The van der Waals surface area contributed by atoms with Crippen LogP contribution in [0, 0.1) is 5.82 Å². The van der Waals surface area contributed by atoms with Crippen LogP contribution < -0.4 is 10.9 Å². The summed E-state index contributed by atoms with van der Waals surface area (Å²) in [6.07, 6.45) is 1.73. The molecule has 18 heavy (non-hydrogen) atoms. The highest BCUT2D eigenvalue weighted by Crippen LogP contribution is 2.09. The molecular formula is C13H12BrFN2O. The molecule has 0 amide bonds. The Labute approximate surface area is 112 Å². The Kier molecular flexibility index (Phi) is 4.15. The van der Waals surface area contributed by atoms with Crippen LogP contribution >= 0.6 is 15.9 Å². The van der Waals surface area contributed by atoms with E-state index in [1.165, 1.54) is 18.2 Å². The number of hydrogen-bond donors (Lipinski definition) is 1. The van der Waals surface area contributed by atoms with Crippen LogP contribution in [-0.2, 0) is 6.54 Å². The maximum atomic E-state index is 12.9. The second-order valence-electron chi connectivity index (χ2n) is 3.82. The zero-order chi connectivity index (χ0) is 13.0. The minimum Gasteiger partial charge on any atom is -0.383 e. The van der Waals surface area contributed by atoms with Crippen LogP contribution in [0.4, 0.5) is 10.1 Å². The average Bonchev–Trinajstić information content (AvgIpc) is 2.34. The summed E-state index contributed by atoms with van der Waals surface area (Å²) in [5.41, 5.74) is 0.650. The Balaban J connectivity index is 1.96. The molecule has 0 radical (unpaired) electrons. The fraction of sp³-hybridized carbons (Fsp3) is 0.154. The van der Waals surface area contributed by atoms with Crippen molar-refractivity contribution in [2.24, 2.45) is 0 Å². The number of pyridine rings is 1. The maximum Gasteiger partial charge on any atom is 0.250 e. The van der Waals surface area contributed by atoms with Crippen molar-refractivity contribution in [3.63, 3.8) is 0 Å². The van der Waals surface area contributed by atoms with Gasteiger partial charge < -0.3 is 9.88 Å². The minimum absolute atomic E-state index is 0.0563. The first kappa shape index (κ1) is 12.8. The van der Waals surface area contributed by atoms with Gasteiger partial charge in [0.05, 0.1) is 0 Å². The lowest BCUT2D eigenvalue weighted by Gasteiger charge is -2.08. The van der Waals surface area contributed by atoms with Crippen LogP contribution in [0.25, 0.3) is 0 Å². The SMILES string of the molecule is O=c1ccc(Br)cn1CCNc1cccc(F)c1. The quantitative estimate of drug-likeness (QED) is 0.942. The molecule has 1 heterocycles. The number of rotatable bonds is 4. The van der Waals surface area contributed by atoms with Crippen LogP contribution in [0.15, 0.2) is 51.9 Å². The number of nitrogens with one attached hydrogen (secondary N) is 1. The van der Waals surface area contributed by atoms with Crippen molar-refractivity contribution in [3.8, 4) is 0 Å². The topological polar surface area (TPSA) is 34.0 Å². The summed E-state index contributed by atoms with van der Waals surface area (Å²) in [6, 6.07) is 9.45. The van der Waals surface area contributed by atoms with E-state index in [2.05, 4.69) is 21.2 Å². The van der Waals surface area contributed by atoms with Gasteiger partial charge in [-0.15, -0.1) is 0 Å². The molecule has 3 nitrogen and oxygen atoms in total. The highest BCUT2D eigenvalue weighted by atomic mass is 79.9. The molecule has 0 aliphatic rings. The first-order valence-corrected chi connectivity index (χ1v) is 6.30. The van der Waals surface area contributed by atoms with Crippen molar-refractivity contribution in [1.29, 1.82) is 0 Å². The van der Waals surface area contributed by atoms with E-state index in [4.69, 9.17) is 0 Å². The Morgan fingerprint density at radius 1 is 1.28 bits per heavy atom. The van der Waals surface area contributed by atoms with Crippen LogP contribution in [-0.4, -0.2) is 11.1 Å². The van der Waals surface area contributed by atoms with Gasteiger partial charge in [0, 0.05) is 35.5 Å². The van der Waals surface area contributed by atoms with Gasteiger partial charge in [-0.1, -0.05) is 6.07 Å². The summed E-state index contributed by atoms with van der Waals surface area (Å²) in [4.78, 5) is 11.5. The molecule has 2 aromatic rings. The number of nitrogens with zero attached hydrogens (tertiary/aromatic N) is 1. The molecule has 0 saturated carbocycles. The molecule has 0 spiro atoms. The normalized spacial score (nSPS) is 10.3. The van der Waals surface area contributed by atoms with Gasteiger partial charge in [-0.3, -0.25) is 4.79 Å². The van der Waals surface area contributed by atoms with Gasteiger partial charge >= 0.3 is 0 Å². The molecule has 1 aromatic carbocycles. The summed E-state index contributed by atoms with van der Waals surface area (Å²) in [5, 5.41) is 3.07. The summed E-state index contributed by atoms with van der Waals surface area (Å²) in [7, 11) is 0. The lowest BCUT2D eigenvalue weighted by atomic mass is 10.3. The molecule has 0 bridgehead atoms. The summed E-state index contributed by atoms with van der Waals surface area (Å²) < 4.78 is 15.4. The predicted molar refractivity (Wildman–Crippen MR) is 73.3 cm³/mol. The molecule has 2 rings (SSSR count). The molecular weight excluding hydrogens is 299 g/mol. The third-order valence-corrected chi connectivity index (χ3v) is 2.92. The van der Waals surface area contributed by atoms with Crippen LogP contribution in [0.3, 0.4) is 0 Å². The first-order valence-electron chi connectivity index (χ1n) is 5.50. The van der Waals surface area contributed by atoms with Gasteiger partial charge in [0.15, 0.2) is 0 Å². The number of halogens is 2. The van der Waals surface area contributed by atoms with Gasteiger partial charge in [-0.05, 0) is 40.2 Å². The van der Waals surface area contributed by atoms with Crippen LogP contribution in [0.1, 0.15) is 0 Å². The highest BCUT2D eigenvalue weighted by Gasteiger charge is 1.98. The number of benzene rings is 1. The monoisotopic (exact) mass is 310 g/mol. The second kappa shape index (κ2) is 5.82. The third-order valence-electron chi connectivity index (χ3n) is 2.45. The van der Waals surface area contributed by atoms with Crippen molar-refractivity contribution in [1.82, 2.24) is 4.57 Å². The van der Waals surface area contributed by atoms with Crippen molar-refractivity contribution < 1.29 is 4.39 Å². The standard InChI is InChI=1S/C13H12BrFN2O/c14-10-4-5-13(18)17(9-10)7-6-16-12-3-1-2-11(15)8-12/h1-5,8-9,16H,6-7H2. The van der Waals surface area contributed by atoms with E-state index < -0.39 is 0 Å². The molecule has 0 aliphatic heterocycles. The molecule has 1 N–H and O–H groups in total. The lowest BCUT2D eigenvalue weighted by molar-refractivity contribution is 0.628. The maximum absolute atomic E-state index is 12.9. The Morgan fingerprint density at radius 2 is 2.11 bits per heavy atom. The number of hydrogen-bond acceptors (Lipinski definition) is 2. The van der Waals surface area contributed by atoms with Gasteiger partial charge in [0.1, 0.15) is 5.82 Å². The van der Waals surface area contributed by atoms with E-state index in [9.17, 15) is 9.18 Å². The number of anilines is 1. The summed E-state index contributed by atoms with van der Waals surface area (Å²) in [6.45, 7) is 1.08. The fourth-order valence-corrected chi connectivity index (χ4v) is 1.98. The van der Waals surface area contributed by atoms with Crippen molar-refractivity contribution >= 4 is 21.6 Å². The Morgan fingerprint density at radius 3 is 2.89 bits per heavy atom. The minimum atomic E-state index is -0.278. The van der Waals surface area contributed by atoms with E-state index in [0.717, 1.165) is 4.47 Å². The zero-order valence-corrected chi connectivity index (χ0v) is 11.2. The zero-order valence-electron chi connectivity index (χ0n) is 9.57. The van der Waals surface area contributed by atoms with Crippen molar-refractivity contribution in [3.05, 3.63) is 63.2 Å². The van der Waals surface area contributed by atoms with Gasteiger partial charge in [0.25, 0.3) is 5.56 Å². The molecule has 5 heteroatoms. The second-order valence-corrected chi connectivity index (χ2v) is 4.73. The van der Waals surface area contributed by atoms with Crippen molar-refractivity contribution in [2.45, 2.75) is 6.54 Å². The van der Waals surface area contributed by atoms with E-state index in [1.54, 1.807) is 29.0 Å². The Bertz CT molecular complexity index is 598. The van der Waals surface area contributed by atoms with Crippen LogP contribution in [0.2, 0.25) is 0 Å². The molecule has 0 fully saturated rings. The van der Waals surface area contributed by atoms with Gasteiger partial charge in [-0.25, -0.2) is 4.39 Å². The van der Waals surface area contributed by atoms with E-state index in [-0.39, 0.29) is 11.4 Å². The summed E-state index contributed by atoms with van der Waals surface area (Å²) in [5.74, 6) is -0.278. The predicted octanol–water partition coefficient (Wildman–Crippen LogP) is 2.86. The average molecular weight is 311 g/mol. The van der Waals surface area contributed by atoms with Crippen molar-refractivity contribution in [2.75, 3.05) is 11.9 Å². The van der Waals surface area contributed by atoms with E-state index >= 15 is 0 Å². The highest BCUT2D eigenvalue weighted by molar-refractivity contribution is 9.10. The number of aromatic nitrogens is 1. The molecule has 1 aromatic heterocycles. The molecule has 0 atom stereocenters. The lowest BCUT2D eigenvalue weighted by Crippen LogP contribution is -2.22. The molecule has 94 valence electrons. The van der Waals surface area contributed by atoms with E-state index in [1.807, 2.05) is 0 Å². The smallest absolute Gasteiger partial charge is 0.250 e. The molecule has 0 unspecified atom stereocenters. The third kappa shape index (κ3) is 3.43. The molecule has 0 saturated heterocycles. The largest absolute Gasteiger partial charge is 0.383 e. The van der Waals surface area contributed by atoms with E-state index in [0.29, 0.717) is 18.8 Å². The van der Waals surface area contributed by atoms with Gasteiger partial charge in [0.2, 0.25) is 0 Å².